The minimum atomic E-state index is -3.46. The van der Waals surface area contributed by atoms with Crippen LogP contribution in [0.2, 0.25) is 0 Å². The largest absolute Gasteiger partial charge is 0.288 e. The highest BCUT2D eigenvalue weighted by atomic mass is 35.9. The molecule has 0 saturated carbocycles. The van der Waals surface area contributed by atoms with Crippen LogP contribution in [0, 0.1) is 0 Å². The van der Waals surface area contributed by atoms with E-state index in [1.165, 1.54) is 5.06 Å². The Bertz CT molecular complexity index is 491. The van der Waals surface area contributed by atoms with Crippen molar-refractivity contribution < 1.29 is 14.2 Å². The molecule has 1 heterocycles. The number of rotatable bonds is 4. The van der Waals surface area contributed by atoms with Crippen molar-refractivity contribution in [1.82, 2.24) is 5.06 Å². The summed E-state index contributed by atoms with van der Waals surface area (Å²) in [5.41, 5.74) is 0.109. The van der Waals surface area contributed by atoms with Crippen LogP contribution in [0.25, 0.3) is 0 Å². The van der Waals surface area contributed by atoms with E-state index in [1.54, 1.807) is 0 Å². The van der Waals surface area contributed by atoms with Gasteiger partial charge in [0.15, 0.2) is 0 Å². The molecule has 0 aliphatic carbocycles. The van der Waals surface area contributed by atoms with E-state index in [9.17, 15) is 9.36 Å². The third kappa shape index (κ3) is 3.96. The summed E-state index contributed by atoms with van der Waals surface area (Å²) in [5, 5.41) is 1.22. The zero-order chi connectivity index (χ0) is 13.9. The molecule has 1 aromatic carbocycles. The summed E-state index contributed by atoms with van der Waals surface area (Å²) in [7, 11) is 0. The van der Waals surface area contributed by atoms with Gasteiger partial charge in [-0.05, 0) is 40.9 Å². The van der Waals surface area contributed by atoms with Crippen LogP contribution >= 0.6 is 28.3 Å². The molecular formula is C12H14Cl2NO3P. The highest BCUT2D eigenvalue weighted by Gasteiger charge is 2.40. The van der Waals surface area contributed by atoms with Gasteiger partial charge in [-0.3, -0.25) is 14.2 Å². The molecule has 4 nitrogen and oxygen atoms in total. The maximum atomic E-state index is 12.1. The number of hydroxylamine groups is 2. The normalized spacial score (nSPS) is 20.6. The van der Waals surface area contributed by atoms with Gasteiger partial charge in [0.2, 0.25) is 0 Å². The van der Waals surface area contributed by atoms with Crippen molar-refractivity contribution in [2.45, 2.75) is 25.1 Å². The molecule has 1 aliphatic heterocycles. The van der Waals surface area contributed by atoms with Crippen molar-refractivity contribution in [1.29, 1.82) is 0 Å². The van der Waals surface area contributed by atoms with Crippen LogP contribution in [-0.2, 0) is 20.8 Å². The summed E-state index contributed by atoms with van der Waals surface area (Å²) in [6, 6.07) is 9.50. The van der Waals surface area contributed by atoms with Crippen molar-refractivity contribution >= 4 is 34.2 Å². The zero-order valence-corrected chi connectivity index (χ0v) is 12.6. The molecule has 1 aromatic rings. The van der Waals surface area contributed by atoms with E-state index in [2.05, 4.69) is 0 Å². The first kappa shape index (κ1) is 14.9. The molecule has 1 fully saturated rings. The van der Waals surface area contributed by atoms with E-state index in [-0.39, 0.29) is 6.61 Å². The SMILES string of the molecule is O=C1C(P(=O)(Cl)Cl)CCCN1OCc1ccccc1. The summed E-state index contributed by atoms with van der Waals surface area (Å²) >= 11 is 11.2. The van der Waals surface area contributed by atoms with E-state index in [0.717, 1.165) is 5.56 Å². The van der Waals surface area contributed by atoms with Crippen LogP contribution < -0.4 is 0 Å². The standard InChI is InChI=1S/C12H14Cl2NO3P/c13-19(14,17)11-7-4-8-15(12(11)16)18-9-10-5-2-1-3-6-10/h1-3,5-6,11H,4,7-9H2. The molecule has 104 valence electrons. The summed E-state index contributed by atoms with van der Waals surface area (Å²) < 4.78 is 11.6. The highest BCUT2D eigenvalue weighted by Crippen LogP contribution is 2.63. The second-order valence-corrected chi connectivity index (χ2v) is 9.52. The zero-order valence-electron chi connectivity index (χ0n) is 10.2. The summed E-state index contributed by atoms with van der Waals surface area (Å²) in [6.45, 7) is 0.754. The second-order valence-electron chi connectivity index (χ2n) is 4.36. The molecule has 2 rings (SSSR count). The van der Waals surface area contributed by atoms with Crippen LogP contribution in [0.5, 0.6) is 0 Å². The van der Waals surface area contributed by atoms with E-state index in [4.69, 9.17) is 27.3 Å². The highest BCUT2D eigenvalue weighted by molar-refractivity contribution is 8.09. The molecule has 1 amide bonds. The van der Waals surface area contributed by atoms with Crippen LogP contribution in [0.15, 0.2) is 30.3 Å². The Kier molecular flexibility index (Phi) is 4.91. The van der Waals surface area contributed by atoms with Crippen LogP contribution in [0.3, 0.4) is 0 Å². The molecule has 0 radical (unpaired) electrons. The fourth-order valence-corrected chi connectivity index (χ4v) is 3.92. The topological polar surface area (TPSA) is 46.6 Å². The minimum absolute atomic E-state index is 0.286. The molecule has 1 unspecified atom stereocenters. The molecule has 1 atom stereocenters. The van der Waals surface area contributed by atoms with Crippen LogP contribution in [-0.4, -0.2) is 23.2 Å². The third-order valence-electron chi connectivity index (χ3n) is 2.96. The van der Waals surface area contributed by atoms with Crippen LogP contribution in [0.4, 0.5) is 0 Å². The fraction of sp³-hybridized carbons (Fsp3) is 0.417. The predicted octanol–water partition coefficient (Wildman–Crippen LogP) is 3.78. The lowest BCUT2D eigenvalue weighted by atomic mass is 10.1. The number of halogens is 2. The summed E-state index contributed by atoms with van der Waals surface area (Å²) in [6.07, 6.45) is 1.11. The lowest BCUT2D eigenvalue weighted by molar-refractivity contribution is -0.195. The minimum Gasteiger partial charge on any atom is -0.288 e. The Morgan fingerprint density at radius 3 is 2.63 bits per heavy atom. The maximum absolute atomic E-state index is 12.1. The summed E-state index contributed by atoms with van der Waals surface area (Å²) in [5.74, 6) is -3.85. The number of hydrogen-bond acceptors (Lipinski definition) is 3. The van der Waals surface area contributed by atoms with Gasteiger partial charge in [0.25, 0.3) is 11.8 Å². The first-order valence-corrected chi connectivity index (χ1v) is 9.54. The van der Waals surface area contributed by atoms with Gasteiger partial charge in [-0.1, -0.05) is 30.3 Å². The van der Waals surface area contributed by atoms with Gasteiger partial charge < -0.3 is 0 Å². The van der Waals surface area contributed by atoms with Gasteiger partial charge in [0.1, 0.15) is 12.3 Å². The Morgan fingerprint density at radius 2 is 2.00 bits per heavy atom. The smallest absolute Gasteiger partial charge is 0.265 e. The average Bonchev–Trinajstić information content (AvgIpc) is 2.37. The first-order chi connectivity index (χ1) is 8.98. The number of nitrogens with zero attached hydrogens (tertiary/aromatic N) is 1. The molecule has 1 aliphatic rings. The van der Waals surface area contributed by atoms with Gasteiger partial charge in [-0.15, -0.1) is 0 Å². The van der Waals surface area contributed by atoms with Crippen molar-refractivity contribution in [3.05, 3.63) is 35.9 Å². The van der Waals surface area contributed by atoms with E-state index in [1.807, 2.05) is 30.3 Å². The van der Waals surface area contributed by atoms with Crippen molar-refractivity contribution in [2.24, 2.45) is 0 Å². The van der Waals surface area contributed by atoms with Crippen molar-refractivity contribution in [2.75, 3.05) is 6.54 Å². The maximum Gasteiger partial charge on any atom is 0.265 e. The monoisotopic (exact) mass is 321 g/mol. The second kappa shape index (κ2) is 6.27. The number of benzene rings is 1. The Labute approximate surface area is 121 Å². The summed E-state index contributed by atoms with van der Waals surface area (Å²) in [4.78, 5) is 17.5. The third-order valence-corrected chi connectivity index (χ3v) is 5.58. The molecule has 0 bridgehead atoms. The first-order valence-electron chi connectivity index (χ1n) is 5.96. The molecule has 1 saturated heterocycles. The van der Waals surface area contributed by atoms with E-state index < -0.39 is 17.4 Å². The Morgan fingerprint density at radius 1 is 1.32 bits per heavy atom. The average molecular weight is 322 g/mol. The number of carbonyl (C=O) groups is 1. The van der Waals surface area contributed by atoms with Gasteiger partial charge in [-0.2, -0.15) is 0 Å². The van der Waals surface area contributed by atoms with Gasteiger partial charge in [0, 0.05) is 6.54 Å². The predicted molar refractivity (Wildman–Crippen MR) is 75.3 cm³/mol. The Balaban J connectivity index is 1.97. The Hall–Kier alpha value is -0.540. The number of hydrogen-bond donors (Lipinski definition) is 0. The molecule has 7 heteroatoms. The van der Waals surface area contributed by atoms with Crippen molar-refractivity contribution in [3.8, 4) is 0 Å². The quantitative estimate of drug-likeness (QED) is 0.793. The molecular weight excluding hydrogens is 308 g/mol. The van der Waals surface area contributed by atoms with Gasteiger partial charge in [0.05, 0.1) is 0 Å². The number of amides is 1. The molecule has 19 heavy (non-hydrogen) atoms. The van der Waals surface area contributed by atoms with Crippen molar-refractivity contribution in [3.63, 3.8) is 0 Å². The lowest BCUT2D eigenvalue weighted by Crippen LogP contribution is -2.42. The van der Waals surface area contributed by atoms with Crippen LogP contribution in [0.1, 0.15) is 18.4 Å². The van der Waals surface area contributed by atoms with Gasteiger partial charge in [-0.25, -0.2) is 5.06 Å². The molecule has 0 aromatic heterocycles. The number of piperidine rings is 1. The lowest BCUT2D eigenvalue weighted by Gasteiger charge is -2.31. The fourth-order valence-electron chi connectivity index (χ4n) is 1.96. The van der Waals surface area contributed by atoms with E-state index in [0.29, 0.717) is 19.4 Å². The van der Waals surface area contributed by atoms with Gasteiger partial charge >= 0.3 is 0 Å². The van der Waals surface area contributed by atoms with E-state index >= 15 is 0 Å². The molecule has 0 N–H and O–H groups in total. The molecule has 0 spiro atoms. The number of carbonyl (C=O) groups excluding carboxylic acids is 1.